The average molecular weight is 380 g/mol. The Balaban J connectivity index is 1.38. The first kappa shape index (κ1) is 16.0. The summed E-state index contributed by atoms with van der Waals surface area (Å²) in [4.78, 5) is 25.3. The van der Waals surface area contributed by atoms with Crippen LogP contribution in [0.4, 0.5) is 5.69 Å². The minimum atomic E-state index is -0.269. The molecule has 0 spiro atoms. The average Bonchev–Trinajstić information content (AvgIpc) is 3.19. The van der Waals surface area contributed by atoms with E-state index in [0.29, 0.717) is 33.5 Å². The number of carbonyl (C=O) groups excluding carboxylic acids is 1. The van der Waals surface area contributed by atoms with E-state index in [4.69, 9.17) is 11.6 Å². The van der Waals surface area contributed by atoms with E-state index < -0.39 is 0 Å². The number of pyridine rings is 1. The molecule has 1 aliphatic rings. The zero-order valence-electron chi connectivity index (χ0n) is 14.1. The normalized spacial score (nSPS) is 13.8. The first-order valence-electron chi connectivity index (χ1n) is 8.47. The summed E-state index contributed by atoms with van der Waals surface area (Å²) >= 11 is 6.30. The highest BCUT2D eigenvalue weighted by Gasteiger charge is 2.25. The van der Waals surface area contributed by atoms with E-state index in [0.717, 1.165) is 18.5 Å². The lowest BCUT2D eigenvalue weighted by Crippen LogP contribution is -2.12. The summed E-state index contributed by atoms with van der Waals surface area (Å²) in [5, 5.41) is 7.34. The molecule has 0 atom stereocenters. The monoisotopic (exact) mass is 379 g/mol. The number of benzene rings is 1. The van der Waals surface area contributed by atoms with Gasteiger partial charge in [-0.3, -0.25) is 4.79 Å². The fraction of sp³-hybridized carbons (Fsp3) is 0.167. The summed E-state index contributed by atoms with van der Waals surface area (Å²) in [5.74, 6) is -0.269. The van der Waals surface area contributed by atoms with Gasteiger partial charge in [0.25, 0.3) is 5.91 Å². The summed E-state index contributed by atoms with van der Waals surface area (Å²) in [6.45, 7) is 0. The number of carbonyl (C=O) groups is 1. The van der Waals surface area contributed by atoms with Crippen molar-refractivity contribution < 1.29 is 4.79 Å². The summed E-state index contributed by atoms with van der Waals surface area (Å²) < 4.78 is 3.63. The van der Waals surface area contributed by atoms with Gasteiger partial charge in [0.05, 0.1) is 22.6 Å². The predicted octanol–water partition coefficient (Wildman–Crippen LogP) is 3.25. The lowest BCUT2D eigenvalue weighted by atomic mass is 10.2. The zero-order chi connectivity index (χ0) is 18.4. The Bertz CT molecular complexity index is 1150. The second kappa shape index (κ2) is 6.17. The minimum Gasteiger partial charge on any atom is -0.322 e. The van der Waals surface area contributed by atoms with Crippen molar-refractivity contribution in [2.24, 2.45) is 0 Å². The Labute approximate surface area is 158 Å². The van der Waals surface area contributed by atoms with Gasteiger partial charge in [-0.2, -0.15) is 5.10 Å². The third-order valence-electron chi connectivity index (χ3n) is 4.49. The van der Waals surface area contributed by atoms with E-state index in [1.54, 1.807) is 47.8 Å². The van der Waals surface area contributed by atoms with Gasteiger partial charge in [0.2, 0.25) is 0 Å². The molecular weight excluding hydrogens is 366 g/mol. The molecule has 1 aliphatic carbocycles. The third-order valence-corrected chi connectivity index (χ3v) is 4.79. The fourth-order valence-corrected chi connectivity index (χ4v) is 3.24. The number of amides is 1. The molecule has 4 aromatic rings. The van der Waals surface area contributed by atoms with Crippen LogP contribution in [0.1, 0.15) is 29.2 Å². The minimum absolute atomic E-state index is 0.269. The Morgan fingerprint density at radius 3 is 2.81 bits per heavy atom. The standard InChI is InChI=1S/C18H14ClN7O/c19-14-6-12(1-4-16(14)26-9-20-8-23-26)24-18(27)11-5-15-17(21-7-11)25(10-22-15)13-2-3-13/h1,4-10,13H,2-3H2,(H,24,27). The number of rotatable bonds is 4. The molecule has 1 amide bonds. The number of fused-ring (bicyclic) bond motifs is 1. The van der Waals surface area contributed by atoms with E-state index in [1.165, 1.54) is 6.33 Å². The van der Waals surface area contributed by atoms with E-state index in [1.807, 2.05) is 0 Å². The van der Waals surface area contributed by atoms with Crippen LogP contribution in [0, 0.1) is 0 Å². The van der Waals surface area contributed by atoms with Crippen molar-refractivity contribution in [2.75, 3.05) is 5.32 Å². The fourth-order valence-electron chi connectivity index (χ4n) is 2.97. The molecule has 134 valence electrons. The number of nitrogens with zero attached hydrogens (tertiary/aromatic N) is 6. The maximum atomic E-state index is 12.6. The molecule has 3 aromatic heterocycles. The Morgan fingerprint density at radius 2 is 2.07 bits per heavy atom. The van der Waals surface area contributed by atoms with E-state index in [9.17, 15) is 4.79 Å². The number of hydrogen-bond donors (Lipinski definition) is 1. The quantitative estimate of drug-likeness (QED) is 0.587. The number of halogens is 1. The second-order valence-corrected chi connectivity index (χ2v) is 6.82. The molecule has 8 nitrogen and oxygen atoms in total. The van der Waals surface area contributed by atoms with Crippen LogP contribution in [-0.2, 0) is 0 Å². The summed E-state index contributed by atoms with van der Waals surface area (Å²) in [6, 6.07) is 7.44. The molecule has 0 radical (unpaired) electrons. The number of nitrogens with one attached hydrogen (secondary N) is 1. The van der Waals surface area contributed by atoms with Crippen molar-refractivity contribution in [1.82, 2.24) is 29.3 Å². The Hall–Kier alpha value is -3.26. The van der Waals surface area contributed by atoms with Crippen LogP contribution in [0.2, 0.25) is 5.02 Å². The Kier molecular flexibility index (Phi) is 3.64. The predicted molar refractivity (Wildman–Crippen MR) is 100 cm³/mol. The SMILES string of the molecule is O=C(Nc1ccc(-n2cncn2)c(Cl)c1)c1cnc2c(c1)ncn2C1CC1. The van der Waals surface area contributed by atoms with Crippen molar-refractivity contribution in [3.63, 3.8) is 0 Å². The molecule has 1 fully saturated rings. The number of imidazole rings is 1. The van der Waals surface area contributed by atoms with Crippen LogP contribution in [0.15, 0.2) is 49.4 Å². The maximum absolute atomic E-state index is 12.6. The first-order chi connectivity index (χ1) is 13.2. The van der Waals surface area contributed by atoms with Gasteiger partial charge >= 0.3 is 0 Å². The topological polar surface area (TPSA) is 90.5 Å². The van der Waals surface area contributed by atoms with Crippen LogP contribution in [-0.4, -0.2) is 35.2 Å². The van der Waals surface area contributed by atoms with Crippen LogP contribution < -0.4 is 5.32 Å². The number of aromatic nitrogens is 6. The van der Waals surface area contributed by atoms with E-state index >= 15 is 0 Å². The maximum Gasteiger partial charge on any atom is 0.257 e. The van der Waals surface area contributed by atoms with Gasteiger partial charge in [0, 0.05) is 17.9 Å². The third kappa shape index (κ3) is 2.93. The van der Waals surface area contributed by atoms with Gasteiger partial charge in [0.1, 0.15) is 18.2 Å². The van der Waals surface area contributed by atoms with Crippen molar-refractivity contribution in [2.45, 2.75) is 18.9 Å². The van der Waals surface area contributed by atoms with Crippen LogP contribution in [0.25, 0.3) is 16.9 Å². The highest BCUT2D eigenvalue weighted by atomic mass is 35.5. The highest BCUT2D eigenvalue weighted by molar-refractivity contribution is 6.32. The smallest absolute Gasteiger partial charge is 0.257 e. The van der Waals surface area contributed by atoms with Crippen LogP contribution in [0.5, 0.6) is 0 Å². The van der Waals surface area contributed by atoms with E-state index in [2.05, 4.69) is 29.9 Å². The summed E-state index contributed by atoms with van der Waals surface area (Å²) in [6.07, 6.45) is 8.66. The van der Waals surface area contributed by atoms with Crippen molar-refractivity contribution in [1.29, 1.82) is 0 Å². The molecule has 1 saturated carbocycles. The van der Waals surface area contributed by atoms with E-state index in [-0.39, 0.29) is 5.91 Å². The molecule has 0 saturated heterocycles. The lowest BCUT2D eigenvalue weighted by Gasteiger charge is -2.09. The largest absolute Gasteiger partial charge is 0.322 e. The summed E-state index contributed by atoms with van der Waals surface area (Å²) in [5.41, 5.74) is 3.24. The van der Waals surface area contributed by atoms with Gasteiger partial charge in [0.15, 0.2) is 5.65 Å². The van der Waals surface area contributed by atoms with Crippen molar-refractivity contribution in [3.05, 3.63) is 60.0 Å². The molecule has 1 aromatic carbocycles. The molecule has 1 N–H and O–H groups in total. The van der Waals surface area contributed by atoms with Gasteiger partial charge in [-0.05, 0) is 37.1 Å². The van der Waals surface area contributed by atoms with Crippen molar-refractivity contribution >= 4 is 34.4 Å². The molecule has 27 heavy (non-hydrogen) atoms. The molecule has 0 bridgehead atoms. The molecular formula is C18H14ClN7O. The van der Waals surface area contributed by atoms with Crippen molar-refractivity contribution in [3.8, 4) is 5.69 Å². The van der Waals surface area contributed by atoms with Gasteiger partial charge in [-0.15, -0.1) is 0 Å². The molecule has 0 unspecified atom stereocenters. The number of hydrogen-bond acceptors (Lipinski definition) is 5. The lowest BCUT2D eigenvalue weighted by molar-refractivity contribution is 0.102. The molecule has 0 aliphatic heterocycles. The van der Waals surface area contributed by atoms with Gasteiger partial charge < -0.3 is 9.88 Å². The Morgan fingerprint density at radius 1 is 1.19 bits per heavy atom. The molecule has 9 heteroatoms. The zero-order valence-corrected chi connectivity index (χ0v) is 14.8. The summed E-state index contributed by atoms with van der Waals surface area (Å²) in [7, 11) is 0. The van der Waals surface area contributed by atoms with Gasteiger partial charge in [-0.1, -0.05) is 11.6 Å². The second-order valence-electron chi connectivity index (χ2n) is 6.41. The van der Waals surface area contributed by atoms with Gasteiger partial charge in [-0.25, -0.2) is 19.6 Å². The molecule has 3 heterocycles. The first-order valence-corrected chi connectivity index (χ1v) is 8.85. The van der Waals surface area contributed by atoms with Crippen LogP contribution in [0.3, 0.4) is 0 Å². The van der Waals surface area contributed by atoms with Crippen LogP contribution >= 0.6 is 11.6 Å². The molecule has 5 rings (SSSR count). The number of anilines is 1. The highest BCUT2D eigenvalue weighted by Crippen LogP contribution is 2.36.